The molecule has 0 bridgehead atoms. The zero-order valence-electron chi connectivity index (χ0n) is 15.3. The second-order valence-electron chi connectivity index (χ2n) is 7.32. The molecule has 0 radical (unpaired) electrons. The molecule has 0 amide bonds. The maximum atomic E-state index is 10.3. The number of fused-ring (bicyclic) bond motifs is 1. The molecule has 142 valence electrons. The molecule has 0 aromatic heterocycles. The van der Waals surface area contributed by atoms with Gasteiger partial charge in [0.1, 0.15) is 24.4 Å². The zero-order valence-corrected chi connectivity index (χ0v) is 15.3. The van der Waals surface area contributed by atoms with Crippen molar-refractivity contribution >= 4 is 0 Å². The van der Waals surface area contributed by atoms with E-state index in [1.807, 2.05) is 0 Å². The van der Waals surface area contributed by atoms with Crippen LogP contribution in [0, 0.1) is 0 Å². The van der Waals surface area contributed by atoms with Crippen LogP contribution in [0.25, 0.3) is 0 Å². The van der Waals surface area contributed by atoms with Crippen LogP contribution in [0.15, 0.2) is 0 Å². The highest BCUT2D eigenvalue weighted by Crippen LogP contribution is 2.38. The fourth-order valence-corrected chi connectivity index (χ4v) is 3.29. The molecule has 2 N–H and O–H groups in total. The van der Waals surface area contributed by atoms with Gasteiger partial charge in [0.25, 0.3) is 0 Å². The first-order chi connectivity index (χ1) is 11.4. The number of hydrogen-bond donors (Lipinski definition) is 2. The number of unbranched alkanes of at least 4 members (excludes halogenated alkanes) is 6. The van der Waals surface area contributed by atoms with Gasteiger partial charge in [0.05, 0.1) is 6.61 Å². The molecule has 6 nitrogen and oxygen atoms in total. The molecule has 24 heavy (non-hydrogen) atoms. The summed E-state index contributed by atoms with van der Waals surface area (Å²) in [6.45, 7) is 6.55. The largest absolute Gasteiger partial charge is 0.388 e. The molecular weight excluding hydrogens is 312 g/mol. The van der Waals surface area contributed by atoms with E-state index >= 15 is 0 Å². The highest BCUT2D eigenvalue weighted by Gasteiger charge is 2.55. The van der Waals surface area contributed by atoms with Crippen molar-refractivity contribution in [2.45, 2.75) is 102 Å². The number of hydrogen-bond acceptors (Lipinski definition) is 6. The second kappa shape index (κ2) is 9.46. The van der Waals surface area contributed by atoms with Gasteiger partial charge in [0, 0.05) is 6.61 Å². The monoisotopic (exact) mass is 346 g/mol. The molecule has 0 spiro atoms. The van der Waals surface area contributed by atoms with E-state index in [2.05, 4.69) is 6.92 Å². The minimum Gasteiger partial charge on any atom is -0.388 e. The normalized spacial score (nSPS) is 32.9. The molecule has 6 heteroatoms. The average Bonchev–Trinajstić information content (AvgIpc) is 2.99. The molecule has 2 heterocycles. The smallest absolute Gasteiger partial charge is 0.190 e. The first-order valence-corrected chi connectivity index (χ1v) is 9.39. The Balaban J connectivity index is 1.55. The minimum absolute atomic E-state index is 0.153. The van der Waals surface area contributed by atoms with Gasteiger partial charge in [0.15, 0.2) is 12.1 Å². The van der Waals surface area contributed by atoms with Crippen molar-refractivity contribution in [2.75, 3.05) is 13.2 Å². The molecule has 2 rings (SSSR count). The van der Waals surface area contributed by atoms with Crippen LogP contribution in [0.5, 0.6) is 0 Å². The van der Waals surface area contributed by atoms with Crippen LogP contribution in [-0.2, 0) is 18.9 Å². The van der Waals surface area contributed by atoms with Crippen LogP contribution in [0.2, 0.25) is 0 Å². The van der Waals surface area contributed by atoms with E-state index in [1.54, 1.807) is 13.8 Å². The molecular formula is C18H34O6. The van der Waals surface area contributed by atoms with Crippen LogP contribution in [-0.4, -0.2) is 59.9 Å². The molecule has 0 saturated carbocycles. The maximum Gasteiger partial charge on any atom is 0.190 e. The van der Waals surface area contributed by atoms with Crippen molar-refractivity contribution in [1.82, 2.24) is 0 Å². The lowest BCUT2D eigenvalue weighted by atomic mass is 10.1. The summed E-state index contributed by atoms with van der Waals surface area (Å²) in [5.74, 6) is -0.764. The maximum absolute atomic E-state index is 10.3. The Morgan fingerprint density at radius 2 is 1.71 bits per heavy atom. The summed E-state index contributed by atoms with van der Waals surface area (Å²) in [7, 11) is 0. The Labute approximate surface area is 145 Å². The van der Waals surface area contributed by atoms with Crippen molar-refractivity contribution in [2.24, 2.45) is 0 Å². The van der Waals surface area contributed by atoms with Gasteiger partial charge >= 0.3 is 0 Å². The third kappa shape index (κ3) is 5.64. The van der Waals surface area contributed by atoms with Crippen LogP contribution in [0.3, 0.4) is 0 Å². The molecule has 0 unspecified atom stereocenters. The second-order valence-corrected chi connectivity index (χ2v) is 7.32. The van der Waals surface area contributed by atoms with E-state index < -0.39 is 36.5 Å². The van der Waals surface area contributed by atoms with Crippen molar-refractivity contribution in [3.63, 3.8) is 0 Å². The van der Waals surface area contributed by atoms with Gasteiger partial charge in [-0.25, -0.2) is 0 Å². The summed E-state index contributed by atoms with van der Waals surface area (Å²) in [4.78, 5) is 0. The van der Waals surface area contributed by atoms with E-state index in [4.69, 9.17) is 18.9 Å². The van der Waals surface area contributed by atoms with E-state index in [-0.39, 0.29) is 6.61 Å². The predicted molar refractivity (Wildman–Crippen MR) is 89.5 cm³/mol. The molecule has 0 aliphatic carbocycles. The van der Waals surface area contributed by atoms with Gasteiger partial charge in [-0.05, 0) is 20.3 Å². The van der Waals surface area contributed by atoms with Crippen molar-refractivity contribution in [1.29, 1.82) is 0 Å². The Morgan fingerprint density at radius 1 is 1.04 bits per heavy atom. The van der Waals surface area contributed by atoms with Gasteiger partial charge in [-0.2, -0.15) is 0 Å². The average molecular weight is 346 g/mol. The van der Waals surface area contributed by atoms with E-state index in [1.165, 1.54) is 32.1 Å². The van der Waals surface area contributed by atoms with E-state index in [9.17, 15) is 10.2 Å². The van der Waals surface area contributed by atoms with Crippen molar-refractivity contribution < 1.29 is 29.2 Å². The molecule has 2 saturated heterocycles. The van der Waals surface area contributed by atoms with Crippen LogP contribution in [0.1, 0.15) is 65.7 Å². The highest BCUT2D eigenvalue weighted by atomic mass is 16.8. The number of aliphatic hydroxyl groups excluding tert-OH is 2. The van der Waals surface area contributed by atoms with Crippen LogP contribution in [0.4, 0.5) is 0 Å². The first-order valence-electron chi connectivity index (χ1n) is 9.39. The Morgan fingerprint density at radius 3 is 2.38 bits per heavy atom. The third-order valence-corrected chi connectivity index (χ3v) is 4.61. The summed E-state index contributed by atoms with van der Waals surface area (Å²) in [5.41, 5.74) is 0. The summed E-state index contributed by atoms with van der Waals surface area (Å²) in [6.07, 6.45) is 4.88. The standard InChI is InChI=1S/C18H34O6/c1-4-5-6-7-8-9-10-11-21-12-13(19)15-14(20)16-17(22-15)24-18(2,3)23-16/h13-17,19-20H,4-12H2,1-3H3/t13-,14+,15-,16-,17-/m1/s1. The lowest BCUT2D eigenvalue weighted by molar-refractivity contribution is -0.228. The lowest BCUT2D eigenvalue weighted by Crippen LogP contribution is -2.42. The quantitative estimate of drug-likeness (QED) is 0.559. The summed E-state index contributed by atoms with van der Waals surface area (Å²) < 4.78 is 22.3. The SMILES string of the molecule is CCCCCCCCCOC[C@@H](O)[C@H]1O[C@@H]2OC(C)(C)O[C@@H]2[C@H]1O. The summed E-state index contributed by atoms with van der Waals surface area (Å²) in [6, 6.07) is 0. The molecule has 5 atom stereocenters. The van der Waals surface area contributed by atoms with Crippen LogP contribution >= 0.6 is 0 Å². The molecule has 2 aliphatic heterocycles. The number of aliphatic hydroxyl groups is 2. The Hall–Kier alpha value is -0.240. The Kier molecular flexibility index (Phi) is 7.91. The first kappa shape index (κ1) is 20.1. The van der Waals surface area contributed by atoms with E-state index in [0.717, 1.165) is 12.8 Å². The van der Waals surface area contributed by atoms with Gasteiger partial charge in [-0.15, -0.1) is 0 Å². The van der Waals surface area contributed by atoms with E-state index in [0.29, 0.717) is 6.61 Å². The number of ether oxygens (including phenoxy) is 4. The van der Waals surface area contributed by atoms with Crippen molar-refractivity contribution in [3.8, 4) is 0 Å². The zero-order chi connectivity index (χ0) is 17.6. The molecule has 0 aromatic carbocycles. The minimum atomic E-state index is -0.908. The fourth-order valence-electron chi connectivity index (χ4n) is 3.29. The Bertz CT molecular complexity index is 361. The summed E-state index contributed by atoms with van der Waals surface area (Å²) in [5, 5.41) is 20.4. The van der Waals surface area contributed by atoms with Crippen molar-refractivity contribution in [3.05, 3.63) is 0 Å². The molecule has 2 aliphatic rings. The van der Waals surface area contributed by atoms with Gasteiger partial charge in [0.2, 0.25) is 0 Å². The van der Waals surface area contributed by atoms with Crippen LogP contribution < -0.4 is 0 Å². The lowest BCUT2D eigenvalue weighted by Gasteiger charge is -2.25. The van der Waals surface area contributed by atoms with Gasteiger partial charge in [-0.3, -0.25) is 0 Å². The fraction of sp³-hybridized carbons (Fsp3) is 1.00. The predicted octanol–water partition coefficient (Wildman–Crippen LogP) is 2.35. The molecule has 2 fully saturated rings. The highest BCUT2D eigenvalue weighted by molar-refractivity contribution is 4.95. The number of rotatable bonds is 11. The van der Waals surface area contributed by atoms with Gasteiger partial charge in [-0.1, -0.05) is 45.4 Å². The summed E-state index contributed by atoms with van der Waals surface area (Å²) >= 11 is 0. The molecule has 0 aromatic rings. The third-order valence-electron chi connectivity index (χ3n) is 4.61. The topological polar surface area (TPSA) is 77.4 Å². The van der Waals surface area contributed by atoms with Gasteiger partial charge < -0.3 is 29.2 Å².